The molecule has 0 saturated heterocycles. The summed E-state index contributed by atoms with van der Waals surface area (Å²) in [4.78, 5) is 11.2. The van der Waals surface area contributed by atoms with Gasteiger partial charge in [0.1, 0.15) is 5.78 Å². The molecule has 0 aliphatic heterocycles. The van der Waals surface area contributed by atoms with Gasteiger partial charge in [-0.15, -0.1) is 0 Å². The van der Waals surface area contributed by atoms with Crippen molar-refractivity contribution in [3.63, 3.8) is 0 Å². The lowest BCUT2D eigenvalue weighted by molar-refractivity contribution is -0.118. The van der Waals surface area contributed by atoms with Crippen molar-refractivity contribution in [3.05, 3.63) is 0 Å². The molecule has 0 N–H and O–H groups in total. The van der Waals surface area contributed by atoms with Crippen LogP contribution in [0.1, 0.15) is 33.1 Å². The molecule has 0 saturated carbocycles. The third-order valence-electron chi connectivity index (χ3n) is 3.02. The summed E-state index contributed by atoms with van der Waals surface area (Å²) >= 11 is 0. The average Bonchev–Trinajstić information content (AvgIpc) is 2.28. The fourth-order valence-electron chi connectivity index (χ4n) is 2.39. The molecule has 102 valence electrons. The van der Waals surface area contributed by atoms with Crippen LogP contribution in [0.25, 0.3) is 0 Å². The van der Waals surface area contributed by atoms with Crippen LogP contribution in [-0.4, -0.2) is 49.8 Å². The van der Waals surface area contributed by atoms with Crippen LogP contribution in [0.5, 0.6) is 0 Å². The van der Waals surface area contributed by atoms with E-state index in [1.807, 2.05) is 6.92 Å². The van der Waals surface area contributed by atoms with Crippen LogP contribution in [0.3, 0.4) is 0 Å². The van der Waals surface area contributed by atoms with E-state index in [0.29, 0.717) is 32.2 Å². The first-order valence-corrected chi connectivity index (χ1v) is 6.47. The van der Waals surface area contributed by atoms with Crippen LogP contribution in [0.2, 0.25) is 0 Å². The molecule has 0 rings (SSSR count). The van der Waals surface area contributed by atoms with Crippen LogP contribution >= 0.6 is 0 Å². The molecule has 0 amide bonds. The molecule has 7 heteroatoms. The molecule has 0 bridgehead atoms. The van der Waals surface area contributed by atoms with E-state index in [1.165, 1.54) is 0 Å². The lowest BCUT2D eigenvalue weighted by Gasteiger charge is -2.25. The van der Waals surface area contributed by atoms with Crippen LogP contribution < -0.4 is 0 Å². The molecule has 3 atom stereocenters. The molecule has 0 aliphatic carbocycles. The number of Topliss-reactive ketones (excluding diaryl/α,β-unsaturated/α-hetero) is 1. The first-order chi connectivity index (χ1) is 9.03. The summed E-state index contributed by atoms with van der Waals surface area (Å²) in [6, 6.07) is 0. The summed E-state index contributed by atoms with van der Waals surface area (Å²) in [5, 5.41) is 0. The average molecular weight is 262 g/mol. The highest BCUT2D eigenvalue weighted by atomic mass is 16.4. The van der Waals surface area contributed by atoms with Crippen molar-refractivity contribution >= 4 is 29.9 Å². The molecule has 0 fully saturated rings. The minimum absolute atomic E-state index is 0.0774. The number of ketones is 1. The van der Waals surface area contributed by atoms with Crippen LogP contribution in [0.15, 0.2) is 0 Å². The maximum absolute atomic E-state index is 11.2. The molecule has 0 heterocycles. The van der Waals surface area contributed by atoms with Gasteiger partial charge < -0.3 is 18.8 Å². The van der Waals surface area contributed by atoms with E-state index in [4.69, 9.17) is 28.8 Å². The van der Waals surface area contributed by atoms with Crippen molar-refractivity contribution in [2.75, 3.05) is 19.8 Å². The number of hydrogen-bond acceptors (Lipinski definition) is 4. The number of hydrogen-bond donors (Lipinski definition) is 0. The highest BCUT2D eigenvalue weighted by molar-refractivity contribution is 5.98. The van der Waals surface area contributed by atoms with Gasteiger partial charge in [0.15, 0.2) is 0 Å². The summed E-state index contributed by atoms with van der Waals surface area (Å²) in [5.41, 5.74) is 0. The van der Waals surface area contributed by atoms with Gasteiger partial charge in [-0.3, -0.25) is 0 Å². The molecule has 6 radical (unpaired) electrons. The Hall–Kier alpha value is -0.255. The monoisotopic (exact) mass is 262 g/mol. The molecule has 3 unspecified atom stereocenters. The molecule has 19 heavy (non-hydrogen) atoms. The van der Waals surface area contributed by atoms with E-state index < -0.39 is 0 Å². The predicted octanol–water partition coefficient (Wildman–Crippen LogP) is 0.915. The van der Waals surface area contributed by atoms with E-state index in [9.17, 15) is 4.79 Å². The highest BCUT2D eigenvalue weighted by Crippen LogP contribution is 2.23. The van der Waals surface area contributed by atoms with E-state index in [2.05, 4.69) is 9.31 Å². The second-order valence-corrected chi connectivity index (χ2v) is 5.21. The second kappa shape index (κ2) is 11.6. The highest BCUT2D eigenvalue weighted by Gasteiger charge is 2.20. The van der Waals surface area contributed by atoms with Crippen LogP contribution in [0, 0.1) is 17.8 Å². The summed E-state index contributed by atoms with van der Waals surface area (Å²) in [6.07, 6.45) is 2.07. The molecule has 0 spiro atoms. The van der Waals surface area contributed by atoms with Gasteiger partial charge in [0.2, 0.25) is 0 Å². The third kappa shape index (κ3) is 10.2. The Balaban J connectivity index is 4.36. The topological polar surface area (TPSA) is 44.8 Å². The lowest BCUT2D eigenvalue weighted by atomic mass is 9.86. The third-order valence-corrected chi connectivity index (χ3v) is 3.02. The maximum Gasteiger partial charge on any atom is 0.282 e. The largest absolute Gasteiger partial charge is 0.447 e. The number of carbonyl (C=O) groups is 1. The van der Waals surface area contributed by atoms with Gasteiger partial charge in [0.05, 0.1) is 0 Å². The Bertz CT molecular complexity index is 241. The normalized spacial score (nSPS) is 15.9. The van der Waals surface area contributed by atoms with Gasteiger partial charge in [-0.1, -0.05) is 6.92 Å². The Morgan fingerprint density at radius 3 is 1.95 bits per heavy atom. The minimum atomic E-state index is 0.0774. The molecule has 0 aromatic carbocycles. The standard InChI is InChI=1S/C12H21B3O4/c1-9(6-17-13)3-11(7-18-14)5-12(8-19-15)4-10(2)16/h9,11-12H,3-8H2,1-2H3. The SMILES string of the molecule is [B]OCC(C)CC(CO[B])CC(CO[B])CC(C)=O. The van der Waals surface area contributed by atoms with Crippen molar-refractivity contribution in [1.29, 1.82) is 0 Å². The summed E-state index contributed by atoms with van der Waals surface area (Å²) < 4.78 is 14.0. The van der Waals surface area contributed by atoms with Crippen molar-refractivity contribution in [2.24, 2.45) is 17.8 Å². The van der Waals surface area contributed by atoms with Gasteiger partial charge in [-0.25, -0.2) is 0 Å². The first-order valence-electron chi connectivity index (χ1n) is 6.47. The van der Waals surface area contributed by atoms with Crippen LogP contribution in [-0.2, 0) is 18.8 Å². The van der Waals surface area contributed by atoms with Crippen LogP contribution in [0.4, 0.5) is 0 Å². The Morgan fingerprint density at radius 1 is 0.947 bits per heavy atom. The molecule has 0 aromatic rings. The molecular weight excluding hydrogens is 241 g/mol. The van der Waals surface area contributed by atoms with Crippen molar-refractivity contribution in [2.45, 2.75) is 33.1 Å². The lowest BCUT2D eigenvalue weighted by Crippen LogP contribution is -2.22. The Labute approximate surface area is 120 Å². The zero-order chi connectivity index (χ0) is 14.7. The maximum atomic E-state index is 11.2. The summed E-state index contributed by atoms with van der Waals surface area (Å²) in [7, 11) is 15.3. The van der Waals surface area contributed by atoms with E-state index in [0.717, 1.165) is 12.8 Å². The fraction of sp³-hybridized carbons (Fsp3) is 0.917. The zero-order valence-corrected chi connectivity index (χ0v) is 11.8. The minimum Gasteiger partial charge on any atom is -0.447 e. The molecule has 0 aliphatic rings. The number of rotatable bonds is 12. The van der Waals surface area contributed by atoms with Gasteiger partial charge >= 0.3 is 0 Å². The number of carbonyl (C=O) groups excluding carboxylic acids is 1. The second-order valence-electron chi connectivity index (χ2n) is 5.21. The van der Waals surface area contributed by atoms with E-state index in [1.54, 1.807) is 6.92 Å². The van der Waals surface area contributed by atoms with Gasteiger partial charge in [0.25, 0.3) is 24.1 Å². The fourth-order valence-corrected chi connectivity index (χ4v) is 2.39. The predicted molar refractivity (Wildman–Crippen MR) is 75.8 cm³/mol. The van der Waals surface area contributed by atoms with E-state index >= 15 is 0 Å². The molecule has 0 aromatic heterocycles. The van der Waals surface area contributed by atoms with Gasteiger partial charge in [-0.2, -0.15) is 0 Å². The Kier molecular flexibility index (Phi) is 11.4. The quantitative estimate of drug-likeness (QED) is 0.490. The zero-order valence-electron chi connectivity index (χ0n) is 11.8. The first kappa shape index (κ1) is 18.7. The van der Waals surface area contributed by atoms with Crippen molar-refractivity contribution in [3.8, 4) is 0 Å². The summed E-state index contributed by atoms with van der Waals surface area (Å²) in [5.74, 6) is 0.707. The van der Waals surface area contributed by atoms with Gasteiger partial charge in [0, 0.05) is 26.2 Å². The van der Waals surface area contributed by atoms with Gasteiger partial charge in [-0.05, 0) is 37.5 Å². The van der Waals surface area contributed by atoms with E-state index in [-0.39, 0.29) is 17.6 Å². The Morgan fingerprint density at radius 2 is 1.47 bits per heavy atom. The van der Waals surface area contributed by atoms with Crippen molar-refractivity contribution in [1.82, 2.24) is 0 Å². The summed E-state index contributed by atoms with van der Waals surface area (Å²) in [6.45, 7) is 4.85. The smallest absolute Gasteiger partial charge is 0.282 e. The molecular formula is C12H21B3O4. The molecule has 4 nitrogen and oxygen atoms in total. The van der Waals surface area contributed by atoms with Crippen molar-refractivity contribution < 1.29 is 18.8 Å².